The third kappa shape index (κ3) is 5.22. The van der Waals surface area contributed by atoms with E-state index in [1.165, 1.54) is 0 Å². The van der Waals surface area contributed by atoms with Crippen molar-refractivity contribution in [3.8, 4) is 0 Å². The molecule has 0 saturated carbocycles. The first-order valence-electron chi connectivity index (χ1n) is 5.07. The third-order valence-electron chi connectivity index (χ3n) is 1.70. The Morgan fingerprint density at radius 1 is 1.29 bits per heavy atom. The van der Waals surface area contributed by atoms with Gasteiger partial charge in [-0.15, -0.1) is 0 Å². The Labute approximate surface area is 87.0 Å². The summed E-state index contributed by atoms with van der Waals surface area (Å²) in [6.45, 7) is 11.3. The summed E-state index contributed by atoms with van der Waals surface area (Å²) in [6.07, 6.45) is 0.641. The molecule has 0 aromatic carbocycles. The van der Waals surface area contributed by atoms with Gasteiger partial charge in [0.15, 0.2) is 0 Å². The predicted molar refractivity (Wildman–Crippen MR) is 57.9 cm³/mol. The highest BCUT2D eigenvalue weighted by molar-refractivity contribution is 5.80. The van der Waals surface area contributed by atoms with E-state index in [4.69, 9.17) is 10.5 Å². The van der Waals surface area contributed by atoms with Crippen LogP contribution in [0.4, 0.5) is 0 Å². The fourth-order valence-corrected chi connectivity index (χ4v) is 1.33. The minimum absolute atomic E-state index is 0.321. The molecule has 0 aromatic heterocycles. The summed E-state index contributed by atoms with van der Waals surface area (Å²) in [5.41, 5.74) is 4.56. The van der Waals surface area contributed by atoms with Crippen LogP contribution in [0.25, 0.3) is 0 Å². The molecule has 3 nitrogen and oxygen atoms in total. The number of hydrogen-bond acceptors (Lipinski definition) is 3. The average Bonchev–Trinajstić information content (AvgIpc) is 1.79. The van der Waals surface area contributed by atoms with E-state index < -0.39 is 11.1 Å². The second-order valence-corrected chi connectivity index (χ2v) is 5.52. The minimum atomic E-state index is -0.874. The molecule has 0 aliphatic rings. The monoisotopic (exact) mass is 201 g/mol. The van der Waals surface area contributed by atoms with Crippen molar-refractivity contribution in [3.05, 3.63) is 0 Å². The molecule has 0 saturated heterocycles. The highest BCUT2D eigenvalue weighted by atomic mass is 16.6. The molecule has 1 atom stereocenters. The summed E-state index contributed by atoms with van der Waals surface area (Å²) in [5, 5.41) is 0. The van der Waals surface area contributed by atoms with Gasteiger partial charge in [-0.25, -0.2) is 0 Å². The van der Waals surface area contributed by atoms with Gasteiger partial charge >= 0.3 is 5.97 Å². The van der Waals surface area contributed by atoms with Gasteiger partial charge in [-0.05, 0) is 40.0 Å². The van der Waals surface area contributed by atoms with Gasteiger partial charge in [-0.3, -0.25) is 4.79 Å². The normalized spacial score (nSPS) is 16.6. The largest absolute Gasteiger partial charge is 0.459 e. The molecule has 84 valence electrons. The molecule has 0 aromatic rings. The second kappa shape index (κ2) is 4.30. The molecule has 0 spiro atoms. The molecular formula is C11H23NO2. The van der Waals surface area contributed by atoms with E-state index >= 15 is 0 Å². The Morgan fingerprint density at radius 2 is 1.71 bits per heavy atom. The highest BCUT2D eigenvalue weighted by Gasteiger charge is 2.33. The zero-order chi connectivity index (χ0) is 11.6. The van der Waals surface area contributed by atoms with Crippen molar-refractivity contribution >= 4 is 5.97 Å². The van der Waals surface area contributed by atoms with Gasteiger partial charge in [0.2, 0.25) is 0 Å². The lowest BCUT2D eigenvalue weighted by Gasteiger charge is -2.29. The van der Waals surface area contributed by atoms with Crippen LogP contribution in [0.1, 0.15) is 48.0 Å². The molecule has 3 heteroatoms. The molecule has 0 radical (unpaired) electrons. The molecule has 14 heavy (non-hydrogen) atoms. The number of hydrogen-bond donors (Lipinski definition) is 1. The van der Waals surface area contributed by atoms with Crippen molar-refractivity contribution in [2.45, 2.75) is 59.1 Å². The van der Waals surface area contributed by atoms with Crippen molar-refractivity contribution in [1.82, 2.24) is 0 Å². The van der Waals surface area contributed by atoms with Crippen LogP contribution in [-0.4, -0.2) is 17.1 Å². The Bertz CT molecular complexity index is 202. The van der Waals surface area contributed by atoms with Crippen molar-refractivity contribution in [2.75, 3.05) is 0 Å². The van der Waals surface area contributed by atoms with E-state index in [9.17, 15) is 4.79 Å². The minimum Gasteiger partial charge on any atom is -0.459 e. The van der Waals surface area contributed by atoms with Crippen LogP contribution in [0, 0.1) is 5.92 Å². The van der Waals surface area contributed by atoms with Gasteiger partial charge in [0.05, 0.1) is 0 Å². The number of rotatable bonds is 3. The summed E-state index contributed by atoms with van der Waals surface area (Å²) >= 11 is 0. The lowest BCUT2D eigenvalue weighted by molar-refractivity contribution is -0.161. The van der Waals surface area contributed by atoms with Gasteiger partial charge < -0.3 is 10.5 Å². The second-order valence-electron chi connectivity index (χ2n) is 5.52. The van der Waals surface area contributed by atoms with Gasteiger partial charge in [0.1, 0.15) is 11.1 Å². The van der Waals surface area contributed by atoms with E-state index in [0.29, 0.717) is 12.3 Å². The van der Waals surface area contributed by atoms with Crippen molar-refractivity contribution in [2.24, 2.45) is 11.7 Å². The number of esters is 1. The zero-order valence-electron chi connectivity index (χ0n) is 10.2. The van der Waals surface area contributed by atoms with Crippen LogP contribution >= 0.6 is 0 Å². The Morgan fingerprint density at radius 3 is 2.00 bits per heavy atom. The Kier molecular flexibility index (Phi) is 4.13. The lowest BCUT2D eigenvalue weighted by atomic mass is 9.92. The van der Waals surface area contributed by atoms with Gasteiger partial charge in [-0.2, -0.15) is 0 Å². The topological polar surface area (TPSA) is 52.3 Å². The number of ether oxygens (including phenoxy) is 1. The van der Waals surface area contributed by atoms with Crippen LogP contribution in [0.2, 0.25) is 0 Å². The highest BCUT2D eigenvalue weighted by Crippen LogP contribution is 2.18. The first-order chi connectivity index (χ1) is 6.04. The molecule has 0 aliphatic carbocycles. The SMILES string of the molecule is CC(C)C[C@@](C)(N)C(=O)OC(C)(C)C. The number of nitrogens with two attached hydrogens (primary N) is 1. The van der Waals surface area contributed by atoms with E-state index in [2.05, 4.69) is 0 Å². The summed E-state index contributed by atoms with van der Waals surface area (Å²) < 4.78 is 5.24. The van der Waals surface area contributed by atoms with Gasteiger partial charge in [0, 0.05) is 0 Å². The fourth-order valence-electron chi connectivity index (χ4n) is 1.33. The molecule has 0 aliphatic heterocycles. The summed E-state index contributed by atoms with van der Waals surface area (Å²) in [4.78, 5) is 11.7. The zero-order valence-corrected chi connectivity index (χ0v) is 10.2. The van der Waals surface area contributed by atoms with Crippen molar-refractivity contribution in [1.29, 1.82) is 0 Å². The quantitative estimate of drug-likeness (QED) is 0.711. The summed E-state index contributed by atoms with van der Waals surface area (Å²) in [5.74, 6) is 0.0659. The molecule has 0 heterocycles. The van der Waals surface area contributed by atoms with Gasteiger partial charge in [-0.1, -0.05) is 13.8 Å². The van der Waals surface area contributed by atoms with Crippen LogP contribution in [0.15, 0.2) is 0 Å². The number of carbonyl (C=O) groups is 1. The maximum Gasteiger partial charge on any atom is 0.326 e. The van der Waals surface area contributed by atoms with Crippen molar-refractivity contribution in [3.63, 3.8) is 0 Å². The average molecular weight is 201 g/mol. The first-order valence-corrected chi connectivity index (χ1v) is 5.07. The van der Waals surface area contributed by atoms with Crippen LogP contribution in [-0.2, 0) is 9.53 Å². The molecular weight excluding hydrogens is 178 g/mol. The summed E-state index contributed by atoms with van der Waals surface area (Å²) in [6, 6.07) is 0. The molecule has 0 amide bonds. The third-order valence-corrected chi connectivity index (χ3v) is 1.70. The molecule has 0 unspecified atom stereocenters. The first kappa shape index (κ1) is 13.4. The van der Waals surface area contributed by atoms with Crippen molar-refractivity contribution < 1.29 is 9.53 Å². The summed E-state index contributed by atoms with van der Waals surface area (Å²) in [7, 11) is 0. The van der Waals surface area contributed by atoms with E-state index in [-0.39, 0.29) is 5.97 Å². The van der Waals surface area contributed by atoms with E-state index in [1.807, 2.05) is 34.6 Å². The molecule has 0 rings (SSSR count). The molecule has 0 fully saturated rings. The molecule has 0 bridgehead atoms. The fraction of sp³-hybridized carbons (Fsp3) is 0.909. The Hall–Kier alpha value is -0.570. The number of carbonyl (C=O) groups excluding carboxylic acids is 1. The lowest BCUT2D eigenvalue weighted by Crippen LogP contribution is -2.49. The maximum atomic E-state index is 11.7. The van der Waals surface area contributed by atoms with Crippen LogP contribution < -0.4 is 5.73 Å². The molecule has 2 N–H and O–H groups in total. The predicted octanol–water partition coefficient (Wildman–Crippen LogP) is 2.09. The van der Waals surface area contributed by atoms with Gasteiger partial charge in [0.25, 0.3) is 0 Å². The smallest absolute Gasteiger partial charge is 0.326 e. The maximum absolute atomic E-state index is 11.7. The standard InChI is InChI=1S/C11H23NO2/c1-8(2)7-11(6,12)9(13)14-10(3,4)5/h8H,7,12H2,1-6H3/t11-/m1/s1. The Balaban J connectivity index is 4.36. The van der Waals surface area contributed by atoms with Crippen LogP contribution in [0.3, 0.4) is 0 Å². The van der Waals surface area contributed by atoms with Crippen LogP contribution in [0.5, 0.6) is 0 Å². The van der Waals surface area contributed by atoms with E-state index in [1.54, 1.807) is 6.92 Å². The van der Waals surface area contributed by atoms with E-state index in [0.717, 1.165) is 0 Å².